The predicted octanol–water partition coefficient (Wildman–Crippen LogP) is 4.95. The summed E-state index contributed by atoms with van der Waals surface area (Å²) in [6.07, 6.45) is 2.16. The summed E-state index contributed by atoms with van der Waals surface area (Å²) in [5.74, 6) is 0. The van der Waals surface area contributed by atoms with Gasteiger partial charge < -0.3 is 5.32 Å². The van der Waals surface area contributed by atoms with Crippen molar-refractivity contribution in [2.24, 2.45) is 5.41 Å². The zero-order valence-electron chi connectivity index (χ0n) is 11.7. The first kappa shape index (κ1) is 15.8. The Hall–Kier alpha value is -0.240. The van der Waals surface area contributed by atoms with E-state index in [0.29, 0.717) is 16.1 Å². The zero-order chi connectivity index (χ0) is 13.8. The van der Waals surface area contributed by atoms with Gasteiger partial charge in [0, 0.05) is 12.6 Å². The van der Waals surface area contributed by atoms with Gasteiger partial charge in [-0.05, 0) is 36.0 Å². The smallest absolute Gasteiger partial charge is 0.0595 e. The minimum Gasteiger partial charge on any atom is -0.314 e. The molecule has 18 heavy (non-hydrogen) atoms. The number of aryl methyl sites for hydroxylation is 1. The molecule has 0 heterocycles. The fraction of sp³-hybridized carbons (Fsp3) is 0.600. The topological polar surface area (TPSA) is 12.0 Å². The minimum atomic E-state index is 0.288. The van der Waals surface area contributed by atoms with Crippen LogP contribution in [0, 0.1) is 5.41 Å². The Morgan fingerprint density at radius 1 is 1.17 bits per heavy atom. The Morgan fingerprint density at radius 2 is 1.83 bits per heavy atom. The second kappa shape index (κ2) is 6.79. The monoisotopic (exact) mass is 287 g/mol. The molecule has 1 aromatic rings. The van der Waals surface area contributed by atoms with Gasteiger partial charge in [-0.25, -0.2) is 0 Å². The molecule has 0 amide bonds. The van der Waals surface area contributed by atoms with Gasteiger partial charge in [0.15, 0.2) is 0 Å². The van der Waals surface area contributed by atoms with Crippen molar-refractivity contribution in [3.05, 3.63) is 33.8 Å². The quantitative estimate of drug-likeness (QED) is 0.781. The van der Waals surface area contributed by atoms with E-state index in [-0.39, 0.29) is 5.41 Å². The summed E-state index contributed by atoms with van der Waals surface area (Å²) >= 11 is 11.9. The van der Waals surface area contributed by atoms with Gasteiger partial charge in [-0.1, -0.05) is 57.0 Å². The highest BCUT2D eigenvalue weighted by Crippen LogP contribution is 2.26. The number of hydrogen-bond acceptors (Lipinski definition) is 1. The Bertz CT molecular complexity index is 386. The largest absolute Gasteiger partial charge is 0.314 e. The van der Waals surface area contributed by atoms with Crippen LogP contribution in [0.4, 0.5) is 0 Å². The number of rotatable bonds is 6. The van der Waals surface area contributed by atoms with Crippen LogP contribution in [-0.2, 0) is 6.42 Å². The van der Waals surface area contributed by atoms with Gasteiger partial charge in [0.1, 0.15) is 0 Å². The van der Waals surface area contributed by atoms with Gasteiger partial charge in [-0.3, -0.25) is 0 Å². The van der Waals surface area contributed by atoms with Crippen LogP contribution in [0.15, 0.2) is 18.2 Å². The van der Waals surface area contributed by atoms with E-state index in [0.717, 1.165) is 19.4 Å². The van der Waals surface area contributed by atoms with Crippen LogP contribution in [-0.4, -0.2) is 12.6 Å². The third-order valence-electron chi connectivity index (χ3n) is 3.06. The van der Waals surface area contributed by atoms with E-state index in [1.807, 2.05) is 12.1 Å². The number of nitrogens with one attached hydrogen (secondary N) is 1. The second-order valence-electron chi connectivity index (χ2n) is 5.95. The third kappa shape index (κ3) is 5.60. The molecule has 102 valence electrons. The van der Waals surface area contributed by atoms with Crippen molar-refractivity contribution in [2.45, 2.75) is 46.6 Å². The lowest BCUT2D eigenvalue weighted by molar-refractivity contribution is 0.304. The van der Waals surface area contributed by atoms with Crippen molar-refractivity contribution < 1.29 is 0 Å². The summed E-state index contributed by atoms with van der Waals surface area (Å²) in [5, 5.41) is 4.77. The molecule has 1 rings (SSSR count). The van der Waals surface area contributed by atoms with Crippen molar-refractivity contribution >= 4 is 23.2 Å². The van der Waals surface area contributed by atoms with Crippen LogP contribution in [0.2, 0.25) is 10.0 Å². The summed E-state index contributed by atoms with van der Waals surface area (Å²) < 4.78 is 0. The van der Waals surface area contributed by atoms with Crippen LogP contribution in [0.25, 0.3) is 0 Å². The minimum absolute atomic E-state index is 0.288. The fourth-order valence-electron chi connectivity index (χ4n) is 1.75. The van der Waals surface area contributed by atoms with Crippen LogP contribution in [0.5, 0.6) is 0 Å². The first-order valence-electron chi connectivity index (χ1n) is 6.47. The first-order chi connectivity index (χ1) is 8.30. The summed E-state index contributed by atoms with van der Waals surface area (Å²) in [5.41, 5.74) is 1.54. The lowest BCUT2D eigenvalue weighted by atomic mass is 9.86. The molecule has 0 aliphatic rings. The molecule has 3 heteroatoms. The molecule has 1 nitrogen and oxygen atoms in total. The lowest BCUT2D eigenvalue weighted by Crippen LogP contribution is -2.34. The van der Waals surface area contributed by atoms with E-state index in [4.69, 9.17) is 23.2 Å². The molecular weight excluding hydrogens is 265 g/mol. The Balaban J connectivity index is 2.50. The van der Waals surface area contributed by atoms with Crippen molar-refractivity contribution in [1.29, 1.82) is 0 Å². The summed E-state index contributed by atoms with van der Waals surface area (Å²) in [6.45, 7) is 9.97. The van der Waals surface area contributed by atoms with E-state index in [2.05, 4.69) is 39.1 Å². The number of hydrogen-bond donors (Lipinski definition) is 1. The molecule has 0 atom stereocenters. The van der Waals surface area contributed by atoms with E-state index in [9.17, 15) is 0 Å². The highest BCUT2D eigenvalue weighted by atomic mass is 35.5. The van der Waals surface area contributed by atoms with Gasteiger partial charge in [0.2, 0.25) is 0 Å². The van der Waals surface area contributed by atoms with E-state index in [1.54, 1.807) is 0 Å². The van der Waals surface area contributed by atoms with Crippen molar-refractivity contribution in [1.82, 2.24) is 5.32 Å². The van der Waals surface area contributed by atoms with Gasteiger partial charge >= 0.3 is 0 Å². The molecule has 0 bridgehead atoms. The molecule has 1 N–H and O–H groups in total. The lowest BCUT2D eigenvalue weighted by Gasteiger charge is -2.26. The van der Waals surface area contributed by atoms with Gasteiger partial charge in [-0.2, -0.15) is 0 Å². The fourth-order valence-corrected chi connectivity index (χ4v) is 2.07. The molecular formula is C15H23Cl2N. The molecule has 0 fully saturated rings. The van der Waals surface area contributed by atoms with E-state index < -0.39 is 0 Å². The Morgan fingerprint density at radius 3 is 2.39 bits per heavy atom. The third-order valence-corrected chi connectivity index (χ3v) is 3.80. The Labute approximate surface area is 121 Å². The molecule has 0 unspecified atom stereocenters. The predicted molar refractivity (Wildman–Crippen MR) is 81.7 cm³/mol. The van der Waals surface area contributed by atoms with E-state index in [1.165, 1.54) is 5.56 Å². The molecule has 0 saturated heterocycles. The van der Waals surface area contributed by atoms with Crippen molar-refractivity contribution in [3.8, 4) is 0 Å². The molecule has 0 saturated carbocycles. The van der Waals surface area contributed by atoms with Crippen LogP contribution < -0.4 is 5.32 Å². The normalized spacial score (nSPS) is 12.2. The van der Waals surface area contributed by atoms with Gasteiger partial charge in [0.25, 0.3) is 0 Å². The maximum atomic E-state index is 6.02. The molecule has 0 radical (unpaired) electrons. The van der Waals surface area contributed by atoms with Gasteiger partial charge in [-0.15, -0.1) is 0 Å². The second-order valence-corrected chi connectivity index (χ2v) is 6.76. The number of halogens is 2. The maximum absolute atomic E-state index is 6.02. The van der Waals surface area contributed by atoms with Crippen molar-refractivity contribution in [3.63, 3.8) is 0 Å². The molecule has 0 aromatic heterocycles. The molecule has 1 aromatic carbocycles. The Kier molecular flexibility index (Phi) is 5.97. The maximum Gasteiger partial charge on any atom is 0.0595 e. The van der Waals surface area contributed by atoms with E-state index >= 15 is 0 Å². The van der Waals surface area contributed by atoms with Crippen LogP contribution >= 0.6 is 23.2 Å². The first-order valence-corrected chi connectivity index (χ1v) is 7.23. The molecule has 0 aliphatic heterocycles. The summed E-state index contributed by atoms with van der Waals surface area (Å²) in [4.78, 5) is 0. The summed E-state index contributed by atoms with van der Waals surface area (Å²) in [7, 11) is 0. The summed E-state index contributed by atoms with van der Waals surface area (Å²) in [6, 6.07) is 6.43. The van der Waals surface area contributed by atoms with Crippen molar-refractivity contribution in [2.75, 3.05) is 6.54 Å². The standard InChI is InChI=1S/C15H23Cl2N/c1-11(2)18-10-15(3,4)8-7-12-5-6-13(16)14(17)9-12/h5-6,9,11,18H,7-8,10H2,1-4H3. The van der Waals surface area contributed by atoms with Gasteiger partial charge in [0.05, 0.1) is 10.0 Å². The van der Waals surface area contributed by atoms with Crippen LogP contribution in [0.3, 0.4) is 0 Å². The highest BCUT2D eigenvalue weighted by molar-refractivity contribution is 6.42. The zero-order valence-corrected chi connectivity index (χ0v) is 13.2. The number of benzene rings is 1. The average Bonchev–Trinajstić information content (AvgIpc) is 2.28. The molecule has 0 aliphatic carbocycles. The SMILES string of the molecule is CC(C)NCC(C)(C)CCc1ccc(Cl)c(Cl)c1. The average molecular weight is 288 g/mol. The highest BCUT2D eigenvalue weighted by Gasteiger charge is 2.17. The molecule has 0 spiro atoms. The van der Waals surface area contributed by atoms with Crippen LogP contribution in [0.1, 0.15) is 39.7 Å².